The van der Waals surface area contributed by atoms with Gasteiger partial charge in [0, 0.05) is 56.1 Å². The first-order valence-corrected chi connectivity index (χ1v) is 8.48. The van der Waals surface area contributed by atoms with E-state index in [2.05, 4.69) is 35.2 Å². The zero-order valence-corrected chi connectivity index (χ0v) is 13.9. The van der Waals surface area contributed by atoms with E-state index in [0.717, 1.165) is 26.1 Å². The van der Waals surface area contributed by atoms with Crippen LogP contribution in [0.2, 0.25) is 0 Å². The van der Waals surface area contributed by atoms with Gasteiger partial charge in [0.15, 0.2) is 0 Å². The molecule has 118 valence electrons. The second-order valence-electron chi connectivity index (χ2n) is 7.64. The van der Waals surface area contributed by atoms with Crippen LogP contribution in [0, 0.1) is 0 Å². The Morgan fingerprint density at radius 3 is 2.67 bits per heavy atom. The van der Waals surface area contributed by atoms with Gasteiger partial charge in [0.2, 0.25) is 0 Å². The van der Waals surface area contributed by atoms with Gasteiger partial charge in [-0.05, 0) is 32.8 Å². The van der Waals surface area contributed by atoms with E-state index in [1.54, 1.807) is 0 Å². The summed E-state index contributed by atoms with van der Waals surface area (Å²) in [7, 11) is 2.05. The Labute approximate surface area is 128 Å². The van der Waals surface area contributed by atoms with Crippen molar-refractivity contribution in [3.63, 3.8) is 0 Å². The molecule has 0 radical (unpaired) electrons. The van der Waals surface area contributed by atoms with E-state index in [-0.39, 0.29) is 5.54 Å². The Bertz CT molecular complexity index is 471. The zero-order chi connectivity index (χ0) is 14.9. The molecule has 2 fully saturated rings. The third kappa shape index (κ3) is 3.16. The van der Waals surface area contributed by atoms with Crippen LogP contribution in [0.25, 0.3) is 0 Å². The van der Waals surface area contributed by atoms with E-state index in [1.165, 1.54) is 37.8 Å². The lowest BCUT2D eigenvalue weighted by Gasteiger charge is -2.54. The van der Waals surface area contributed by atoms with E-state index in [9.17, 15) is 0 Å². The molecule has 21 heavy (non-hydrogen) atoms. The summed E-state index contributed by atoms with van der Waals surface area (Å²) in [6.07, 6.45) is 9.94. The van der Waals surface area contributed by atoms with Gasteiger partial charge in [-0.2, -0.15) is 5.10 Å². The van der Waals surface area contributed by atoms with Gasteiger partial charge in [0.1, 0.15) is 0 Å². The average Bonchev–Trinajstić information content (AvgIpc) is 2.87. The lowest BCUT2D eigenvalue weighted by molar-refractivity contribution is -0.00927. The van der Waals surface area contributed by atoms with E-state index < -0.39 is 0 Å². The largest absolute Gasteiger partial charge is 0.309 e. The van der Waals surface area contributed by atoms with Gasteiger partial charge in [-0.3, -0.25) is 9.58 Å². The normalized spacial score (nSPS) is 25.3. The van der Waals surface area contributed by atoms with E-state index in [1.807, 2.05) is 17.9 Å². The maximum atomic E-state index is 4.30. The molecular weight excluding hydrogens is 260 g/mol. The Morgan fingerprint density at radius 2 is 2.00 bits per heavy atom. The fourth-order valence-electron chi connectivity index (χ4n) is 4.13. The zero-order valence-electron chi connectivity index (χ0n) is 13.9. The van der Waals surface area contributed by atoms with E-state index in [4.69, 9.17) is 0 Å². The highest BCUT2D eigenvalue weighted by Crippen LogP contribution is 2.37. The third-order valence-electron chi connectivity index (χ3n) is 5.50. The maximum Gasteiger partial charge on any atom is 0.0492 e. The Morgan fingerprint density at radius 1 is 1.24 bits per heavy atom. The lowest BCUT2D eigenvalue weighted by Crippen LogP contribution is -2.68. The summed E-state index contributed by atoms with van der Waals surface area (Å²) in [5.74, 6) is 0. The van der Waals surface area contributed by atoms with Crippen molar-refractivity contribution < 1.29 is 0 Å². The number of rotatable bonds is 3. The minimum absolute atomic E-state index is 0.231. The standard InChI is InChI=1S/C17H30N4/c1-16(2)14-21(12-8-15-7-11-19-20(15)3)17(13-18-16)9-5-4-6-10-17/h7,11,18H,4-6,8-10,12-14H2,1-3H3. The molecule has 3 rings (SSSR count). The van der Waals surface area contributed by atoms with Crippen LogP contribution in [0.1, 0.15) is 51.6 Å². The molecule has 1 N–H and O–H groups in total. The van der Waals surface area contributed by atoms with Crippen LogP contribution in [0.5, 0.6) is 0 Å². The van der Waals surface area contributed by atoms with Crippen LogP contribution in [0.4, 0.5) is 0 Å². The van der Waals surface area contributed by atoms with Crippen molar-refractivity contribution in [2.45, 2.75) is 63.5 Å². The van der Waals surface area contributed by atoms with Crippen molar-refractivity contribution in [3.8, 4) is 0 Å². The molecule has 1 aromatic rings. The number of aryl methyl sites for hydroxylation is 1. The van der Waals surface area contributed by atoms with Crippen LogP contribution in [0.15, 0.2) is 12.3 Å². The van der Waals surface area contributed by atoms with Gasteiger partial charge in [-0.15, -0.1) is 0 Å². The topological polar surface area (TPSA) is 33.1 Å². The van der Waals surface area contributed by atoms with Crippen LogP contribution in [0.3, 0.4) is 0 Å². The molecule has 4 nitrogen and oxygen atoms in total. The molecule has 2 aliphatic rings. The molecular formula is C17H30N4. The van der Waals surface area contributed by atoms with Crippen LogP contribution < -0.4 is 5.32 Å². The predicted molar refractivity (Wildman–Crippen MR) is 86.4 cm³/mol. The van der Waals surface area contributed by atoms with Crippen molar-refractivity contribution in [2.75, 3.05) is 19.6 Å². The maximum absolute atomic E-state index is 4.30. The van der Waals surface area contributed by atoms with Crippen molar-refractivity contribution in [1.29, 1.82) is 0 Å². The van der Waals surface area contributed by atoms with Crippen LogP contribution in [-0.2, 0) is 13.5 Å². The van der Waals surface area contributed by atoms with Crippen molar-refractivity contribution in [3.05, 3.63) is 18.0 Å². The van der Waals surface area contributed by atoms with Gasteiger partial charge >= 0.3 is 0 Å². The molecule has 0 unspecified atom stereocenters. The second kappa shape index (κ2) is 5.73. The minimum atomic E-state index is 0.231. The molecule has 0 atom stereocenters. The lowest BCUT2D eigenvalue weighted by atomic mass is 9.77. The van der Waals surface area contributed by atoms with Crippen LogP contribution in [-0.4, -0.2) is 45.4 Å². The van der Waals surface area contributed by atoms with Crippen LogP contribution >= 0.6 is 0 Å². The molecule has 0 aromatic carbocycles. The average molecular weight is 290 g/mol. The van der Waals surface area contributed by atoms with Crippen molar-refractivity contribution in [2.24, 2.45) is 7.05 Å². The SMILES string of the molecule is Cn1nccc1CCN1CC(C)(C)NCC12CCCCC2. The highest BCUT2D eigenvalue weighted by Gasteiger charge is 2.44. The van der Waals surface area contributed by atoms with Crippen molar-refractivity contribution >= 4 is 0 Å². The monoisotopic (exact) mass is 290 g/mol. The fraction of sp³-hybridized carbons (Fsp3) is 0.824. The summed E-state index contributed by atoms with van der Waals surface area (Å²) in [5.41, 5.74) is 1.99. The number of aromatic nitrogens is 2. The Balaban J connectivity index is 1.72. The second-order valence-corrected chi connectivity index (χ2v) is 7.64. The number of piperazine rings is 1. The molecule has 4 heteroatoms. The molecule has 1 spiro atoms. The first kappa shape index (κ1) is 15.0. The Kier molecular flexibility index (Phi) is 4.10. The van der Waals surface area contributed by atoms with Gasteiger partial charge in [0.25, 0.3) is 0 Å². The smallest absolute Gasteiger partial charge is 0.0492 e. The van der Waals surface area contributed by atoms with Gasteiger partial charge in [-0.25, -0.2) is 0 Å². The molecule has 0 bridgehead atoms. The molecule has 1 aliphatic heterocycles. The fourth-order valence-corrected chi connectivity index (χ4v) is 4.13. The summed E-state index contributed by atoms with van der Waals surface area (Å²) >= 11 is 0. The first-order chi connectivity index (χ1) is 10.0. The highest BCUT2D eigenvalue weighted by atomic mass is 15.3. The third-order valence-corrected chi connectivity index (χ3v) is 5.50. The summed E-state index contributed by atoms with van der Waals surface area (Å²) in [6.45, 7) is 8.14. The predicted octanol–water partition coefficient (Wildman–Crippen LogP) is 2.35. The first-order valence-electron chi connectivity index (χ1n) is 8.48. The number of nitrogens with zero attached hydrogens (tertiary/aromatic N) is 3. The number of hydrogen-bond donors (Lipinski definition) is 1. The van der Waals surface area contributed by atoms with Gasteiger partial charge < -0.3 is 5.32 Å². The van der Waals surface area contributed by atoms with E-state index in [0.29, 0.717) is 5.54 Å². The molecule has 2 heterocycles. The van der Waals surface area contributed by atoms with E-state index >= 15 is 0 Å². The minimum Gasteiger partial charge on any atom is -0.309 e. The van der Waals surface area contributed by atoms with Gasteiger partial charge in [0.05, 0.1) is 0 Å². The van der Waals surface area contributed by atoms with Crippen molar-refractivity contribution in [1.82, 2.24) is 20.0 Å². The van der Waals surface area contributed by atoms with Gasteiger partial charge in [-0.1, -0.05) is 19.3 Å². The molecule has 0 amide bonds. The quantitative estimate of drug-likeness (QED) is 0.927. The molecule has 1 aliphatic carbocycles. The summed E-state index contributed by atoms with van der Waals surface area (Å²) in [5, 5.41) is 8.09. The summed E-state index contributed by atoms with van der Waals surface area (Å²) in [4.78, 5) is 2.79. The number of nitrogens with one attached hydrogen (secondary N) is 1. The molecule has 1 saturated heterocycles. The summed E-state index contributed by atoms with van der Waals surface area (Å²) in [6, 6.07) is 2.15. The highest BCUT2D eigenvalue weighted by molar-refractivity contribution is 5.06. The number of hydrogen-bond acceptors (Lipinski definition) is 3. The molecule has 1 saturated carbocycles. The Hall–Kier alpha value is -0.870. The summed E-state index contributed by atoms with van der Waals surface area (Å²) < 4.78 is 2.01. The molecule has 1 aromatic heterocycles.